The molecular weight excluding hydrogens is 202 g/mol. The summed E-state index contributed by atoms with van der Waals surface area (Å²) in [7, 11) is 0. The molecule has 2 rings (SSSR count). The second-order valence-electron chi connectivity index (χ2n) is 4.45. The lowest BCUT2D eigenvalue weighted by atomic mass is 9.83. The molecule has 1 aliphatic rings. The predicted molar refractivity (Wildman–Crippen MR) is 61.1 cm³/mol. The number of aliphatic hydroxyl groups excluding tert-OH is 1. The maximum Gasteiger partial charge on any atom is 0.193 e. The number of carbonyl (C=O) groups excluding carboxylic acids is 1. The number of Topliss-reactive ketones (excluding diaryl/α,β-unsaturated/α-hetero) is 1. The van der Waals surface area contributed by atoms with Crippen LogP contribution in [0.2, 0.25) is 0 Å². The summed E-state index contributed by atoms with van der Waals surface area (Å²) in [4.78, 5) is 15.9. The van der Waals surface area contributed by atoms with Gasteiger partial charge in [0.1, 0.15) is 6.10 Å². The van der Waals surface area contributed by atoms with Crippen LogP contribution in [0.15, 0.2) is 24.5 Å². The smallest absolute Gasteiger partial charge is 0.193 e. The summed E-state index contributed by atoms with van der Waals surface area (Å²) in [6.07, 6.45) is 7.72. The van der Waals surface area contributed by atoms with Gasteiger partial charge in [0, 0.05) is 18.0 Å². The van der Waals surface area contributed by atoms with E-state index in [1.807, 2.05) is 0 Å². The summed E-state index contributed by atoms with van der Waals surface area (Å²) in [5.74, 6) is -0.0403. The summed E-state index contributed by atoms with van der Waals surface area (Å²) in [6.45, 7) is 0. The highest BCUT2D eigenvalue weighted by atomic mass is 16.3. The van der Waals surface area contributed by atoms with E-state index in [4.69, 9.17) is 0 Å². The Morgan fingerprint density at radius 3 is 2.75 bits per heavy atom. The first-order chi connectivity index (χ1) is 7.79. The van der Waals surface area contributed by atoms with Crippen molar-refractivity contribution in [2.24, 2.45) is 5.92 Å². The SMILES string of the molecule is O=C(c1cccnc1)C(O)C1CCCCC1. The lowest BCUT2D eigenvalue weighted by Gasteiger charge is -2.25. The number of hydrogen-bond acceptors (Lipinski definition) is 3. The maximum atomic E-state index is 12.0. The highest BCUT2D eigenvalue weighted by Crippen LogP contribution is 2.27. The number of nitrogens with zero attached hydrogens (tertiary/aromatic N) is 1. The predicted octanol–water partition coefficient (Wildman–Crippen LogP) is 2.21. The molecule has 1 aromatic heterocycles. The average molecular weight is 219 g/mol. The Hall–Kier alpha value is -1.22. The van der Waals surface area contributed by atoms with Crippen LogP contribution in [0.25, 0.3) is 0 Å². The number of aliphatic hydroxyl groups is 1. The molecule has 1 aliphatic carbocycles. The average Bonchev–Trinajstić information content (AvgIpc) is 2.39. The van der Waals surface area contributed by atoms with Gasteiger partial charge in [0.15, 0.2) is 5.78 Å². The normalized spacial score (nSPS) is 19.3. The Kier molecular flexibility index (Phi) is 3.67. The van der Waals surface area contributed by atoms with Crippen molar-refractivity contribution in [2.75, 3.05) is 0 Å². The van der Waals surface area contributed by atoms with E-state index in [-0.39, 0.29) is 11.7 Å². The van der Waals surface area contributed by atoms with Gasteiger partial charge >= 0.3 is 0 Å². The lowest BCUT2D eigenvalue weighted by molar-refractivity contribution is 0.0534. The van der Waals surface area contributed by atoms with Crippen molar-refractivity contribution in [3.63, 3.8) is 0 Å². The zero-order chi connectivity index (χ0) is 11.4. The standard InChI is InChI=1S/C13H17NO2/c15-12(10-5-2-1-3-6-10)13(16)11-7-4-8-14-9-11/h4,7-10,12,15H,1-3,5-6H2. The minimum Gasteiger partial charge on any atom is -0.385 e. The van der Waals surface area contributed by atoms with Crippen molar-refractivity contribution < 1.29 is 9.90 Å². The van der Waals surface area contributed by atoms with Crippen LogP contribution in [0.1, 0.15) is 42.5 Å². The van der Waals surface area contributed by atoms with Gasteiger partial charge in [-0.05, 0) is 30.9 Å². The fourth-order valence-corrected chi connectivity index (χ4v) is 2.34. The van der Waals surface area contributed by atoms with E-state index < -0.39 is 6.10 Å². The third-order valence-corrected chi connectivity index (χ3v) is 3.31. The van der Waals surface area contributed by atoms with E-state index in [0.29, 0.717) is 5.56 Å². The first-order valence-electron chi connectivity index (χ1n) is 5.91. The van der Waals surface area contributed by atoms with Crippen LogP contribution >= 0.6 is 0 Å². The fourth-order valence-electron chi connectivity index (χ4n) is 2.34. The topological polar surface area (TPSA) is 50.2 Å². The quantitative estimate of drug-likeness (QED) is 0.793. The molecule has 1 fully saturated rings. The molecule has 0 radical (unpaired) electrons. The van der Waals surface area contributed by atoms with E-state index in [2.05, 4.69) is 4.98 Å². The molecule has 0 aromatic carbocycles. The van der Waals surface area contributed by atoms with E-state index in [1.165, 1.54) is 12.6 Å². The van der Waals surface area contributed by atoms with Crippen LogP contribution in [-0.4, -0.2) is 22.0 Å². The molecule has 1 atom stereocenters. The molecule has 0 spiro atoms. The third kappa shape index (κ3) is 2.47. The van der Waals surface area contributed by atoms with E-state index in [9.17, 15) is 9.90 Å². The van der Waals surface area contributed by atoms with Crippen molar-refractivity contribution in [3.8, 4) is 0 Å². The minimum atomic E-state index is -0.843. The molecule has 86 valence electrons. The number of carbonyl (C=O) groups is 1. The Bertz CT molecular complexity index is 344. The second kappa shape index (κ2) is 5.21. The first kappa shape index (κ1) is 11.3. The van der Waals surface area contributed by atoms with Gasteiger partial charge < -0.3 is 5.11 Å². The van der Waals surface area contributed by atoms with Gasteiger partial charge in [-0.1, -0.05) is 19.3 Å². The minimum absolute atomic E-state index is 0.140. The Labute approximate surface area is 95.5 Å². The number of pyridine rings is 1. The van der Waals surface area contributed by atoms with Crippen LogP contribution < -0.4 is 0 Å². The second-order valence-corrected chi connectivity index (χ2v) is 4.45. The van der Waals surface area contributed by atoms with Crippen molar-refractivity contribution >= 4 is 5.78 Å². The van der Waals surface area contributed by atoms with Gasteiger partial charge in [-0.2, -0.15) is 0 Å². The first-order valence-corrected chi connectivity index (χ1v) is 5.91. The molecule has 3 nitrogen and oxygen atoms in total. The summed E-state index contributed by atoms with van der Waals surface area (Å²) in [6, 6.07) is 3.43. The molecule has 16 heavy (non-hydrogen) atoms. The van der Waals surface area contributed by atoms with Crippen molar-refractivity contribution in [3.05, 3.63) is 30.1 Å². The van der Waals surface area contributed by atoms with Crippen molar-refractivity contribution in [1.29, 1.82) is 0 Å². The fraction of sp³-hybridized carbons (Fsp3) is 0.538. The molecule has 0 aliphatic heterocycles. The molecule has 0 bridgehead atoms. The lowest BCUT2D eigenvalue weighted by Crippen LogP contribution is -2.31. The van der Waals surface area contributed by atoms with Gasteiger partial charge in [0.2, 0.25) is 0 Å². The summed E-state index contributed by atoms with van der Waals surface area (Å²) < 4.78 is 0. The highest BCUT2D eigenvalue weighted by Gasteiger charge is 2.28. The summed E-state index contributed by atoms with van der Waals surface area (Å²) in [5.41, 5.74) is 0.514. The molecule has 1 heterocycles. The van der Waals surface area contributed by atoms with E-state index >= 15 is 0 Å². The highest BCUT2D eigenvalue weighted by molar-refractivity contribution is 5.99. The van der Waals surface area contributed by atoms with Gasteiger partial charge in [0.25, 0.3) is 0 Å². The molecule has 0 saturated heterocycles. The van der Waals surface area contributed by atoms with Gasteiger partial charge in [0.05, 0.1) is 0 Å². The van der Waals surface area contributed by atoms with E-state index in [0.717, 1.165) is 25.7 Å². The van der Waals surface area contributed by atoms with E-state index in [1.54, 1.807) is 18.3 Å². The molecule has 0 amide bonds. The third-order valence-electron chi connectivity index (χ3n) is 3.31. The van der Waals surface area contributed by atoms with Gasteiger partial charge in [-0.15, -0.1) is 0 Å². The van der Waals surface area contributed by atoms with Crippen LogP contribution in [0.3, 0.4) is 0 Å². The van der Waals surface area contributed by atoms with Gasteiger partial charge in [-0.25, -0.2) is 0 Å². The van der Waals surface area contributed by atoms with Crippen molar-refractivity contribution in [2.45, 2.75) is 38.2 Å². The Morgan fingerprint density at radius 1 is 1.38 bits per heavy atom. The maximum absolute atomic E-state index is 12.0. The van der Waals surface area contributed by atoms with Crippen molar-refractivity contribution in [1.82, 2.24) is 4.98 Å². The molecule has 1 saturated carbocycles. The zero-order valence-corrected chi connectivity index (χ0v) is 9.30. The summed E-state index contributed by atoms with van der Waals surface area (Å²) in [5, 5.41) is 10.0. The monoisotopic (exact) mass is 219 g/mol. The number of rotatable bonds is 3. The Balaban J connectivity index is 2.04. The Morgan fingerprint density at radius 2 is 2.12 bits per heavy atom. The largest absolute Gasteiger partial charge is 0.385 e. The number of aromatic nitrogens is 1. The van der Waals surface area contributed by atoms with Crippen LogP contribution in [0, 0.1) is 5.92 Å². The molecule has 1 unspecified atom stereocenters. The number of hydrogen-bond donors (Lipinski definition) is 1. The molecule has 3 heteroatoms. The van der Waals surface area contributed by atoms with Gasteiger partial charge in [-0.3, -0.25) is 9.78 Å². The zero-order valence-electron chi connectivity index (χ0n) is 9.30. The van der Waals surface area contributed by atoms with Crippen LogP contribution in [-0.2, 0) is 0 Å². The summed E-state index contributed by atoms with van der Waals surface area (Å²) >= 11 is 0. The van der Waals surface area contributed by atoms with Crippen LogP contribution in [0.5, 0.6) is 0 Å². The number of ketones is 1. The van der Waals surface area contributed by atoms with Crippen LogP contribution in [0.4, 0.5) is 0 Å². The molecular formula is C13H17NO2. The molecule has 1 N–H and O–H groups in total. The molecule has 1 aromatic rings.